The Bertz CT molecular complexity index is 2030. The fourth-order valence-electron chi connectivity index (χ4n) is 12.4. The standard InChI is InChI=1S/C39H40O13/c1-15-7-8-48-26(40)5-6-27(41)49-13-19-21-12-24-35(3,22-11-23(22)37(24,46)14-50-31(15)42)25-10-18-17-9-20(17)36(4)29(18)30(38(21,25)51-33(19)44)28-16(2)32(43)52-39(28,47)34(36)45/h7,10,17,20,22-25,34,45-47H,5-6,8-9,11-14H2,1-4H3/b15-7+/t17-,20-,22-,23+,24-,25+,34-,35+,36+,37+,38+,39+/m1/s1. The molecule has 0 aromatic rings. The van der Waals surface area contributed by atoms with Crippen LogP contribution in [-0.4, -0.2) is 88.1 Å². The Morgan fingerprint density at radius 3 is 2.29 bits per heavy atom. The summed E-state index contributed by atoms with van der Waals surface area (Å²) in [5.41, 5.74) is -1.82. The number of hydrogen-bond donors (Lipinski definition) is 3. The largest absolute Gasteiger partial charge is 0.461 e. The third kappa shape index (κ3) is 3.54. The van der Waals surface area contributed by atoms with E-state index < -0.39 is 82.2 Å². The predicted molar refractivity (Wildman–Crippen MR) is 173 cm³/mol. The molecule has 2 bridgehead atoms. The summed E-state index contributed by atoms with van der Waals surface area (Å²) in [5, 5.41) is 37.0. The molecule has 7 aliphatic carbocycles. The predicted octanol–water partition coefficient (Wildman–Crippen LogP) is 1.80. The molecule has 3 N–H and O–H groups in total. The van der Waals surface area contributed by atoms with Crippen LogP contribution in [0.3, 0.4) is 0 Å². The Balaban J connectivity index is 1.20. The number of cyclic esters (lactones) is 3. The second-order valence-electron chi connectivity index (χ2n) is 17.0. The van der Waals surface area contributed by atoms with Crippen molar-refractivity contribution in [2.24, 2.45) is 46.3 Å². The quantitative estimate of drug-likeness (QED) is 0.243. The first-order valence-corrected chi connectivity index (χ1v) is 18.2. The van der Waals surface area contributed by atoms with Crippen LogP contribution < -0.4 is 0 Å². The van der Waals surface area contributed by atoms with Crippen molar-refractivity contribution >= 4 is 29.8 Å². The lowest BCUT2D eigenvalue weighted by Crippen LogP contribution is -2.65. The molecule has 0 radical (unpaired) electrons. The zero-order valence-corrected chi connectivity index (χ0v) is 29.3. The third-order valence-corrected chi connectivity index (χ3v) is 14.9. The number of aliphatic hydroxyl groups is 3. The summed E-state index contributed by atoms with van der Waals surface area (Å²) in [6.07, 6.45) is 2.96. The molecule has 52 heavy (non-hydrogen) atoms. The minimum Gasteiger partial charge on any atom is -0.461 e. The molecule has 0 aromatic carbocycles. The van der Waals surface area contributed by atoms with E-state index in [-0.39, 0.29) is 78.4 Å². The van der Waals surface area contributed by atoms with Crippen LogP contribution in [0.1, 0.15) is 59.8 Å². The van der Waals surface area contributed by atoms with Gasteiger partial charge in [-0.1, -0.05) is 19.9 Å². The number of carbonyl (C=O) groups excluding carboxylic acids is 5. The summed E-state index contributed by atoms with van der Waals surface area (Å²) < 4.78 is 28.9. The Kier molecular flexibility index (Phi) is 6.09. The number of aliphatic hydroxyl groups excluding tert-OH is 1. The number of ether oxygens (including phenoxy) is 5. The van der Waals surface area contributed by atoms with Crippen molar-refractivity contribution in [2.45, 2.75) is 82.9 Å². The van der Waals surface area contributed by atoms with Gasteiger partial charge in [0.05, 0.1) is 18.4 Å². The van der Waals surface area contributed by atoms with Crippen molar-refractivity contribution in [2.75, 3.05) is 19.8 Å². The van der Waals surface area contributed by atoms with Gasteiger partial charge in [0.2, 0.25) is 0 Å². The number of hydrogen-bond acceptors (Lipinski definition) is 13. The van der Waals surface area contributed by atoms with Gasteiger partial charge in [-0.05, 0) is 85.0 Å². The highest BCUT2D eigenvalue weighted by Crippen LogP contribution is 2.82. The van der Waals surface area contributed by atoms with Crippen LogP contribution in [0, 0.1) is 46.3 Å². The van der Waals surface area contributed by atoms with Gasteiger partial charge in [-0.2, -0.15) is 0 Å². The lowest BCUT2D eigenvalue weighted by atomic mass is 9.45. The number of carbonyl (C=O) groups is 5. The van der Waals surface area contributed by atoms with Gasteiger partial charge >= 0.3 is 29.8 Å². The topological polar surface area (TPSA) is 192 Å². The molecule has 0 unspecified atom stereocenters. The number of allylic oxidation sites excluding steroid dienone is 1. The van der Waals surface area contributed by atoms with E-state index in [1.165, 1.54) is 19.9 Å². The minimum atomic E-state index is -2.41. The molecule has 12 atom stereocenters. The molecule has 10 aliphatic rings. The van der Waals surface area contributed by atoms with E-state index >= 15 is 0 Å². The fraction of sp³-hybridized carbons (Fsp3) is 0.615. The summed E-state index contributed by atoms with van der Waals surface area (Å²) >= 11 is 0. The zero-order chi connectivity index (χ0) is 36.7. The van der Waals surface area contributed by atoms with Gasteiger partial charge in [0.25, 0.3) is 5.79 Å². The summed E-state index contributed by atoms with van der Waals surface area (Å²) in [5.74, 6) is -7.49. The third-order valence-electron chi connectivity index (χ3n) is 14.9. The molecular formula is C39H40O13. The van der Waals surface area contributed by atoms with E-state index in [1.54, 1.807) is 0 Å². The van der Waals surface area contributed by atoms with E-state index in [9.17, 15) is 39.3 Å². The van der Waals surface area contributed by atoms with Gasteiger partial charge in [-0.25, -0.2) is 14.4 Å². The Labute approximate surface area is 298 Å². The smallest absolute Gasteiger partial charge is 0.338 e. The van der Waals surface area contributed by atoms with Crippen LogP contribution in [0.2, 0.25) is 0 Å². The van der Waals surface area contributed by atoms with Crippen molar-refractivity contribution < 1.29 is 63.0 Å². The highest BCUT2D eigenvalue weighted by Gasteiger charge is 2.84. The second kappa shape index (κ2) is 9.72. The van der Waals surface area contributed by atoms with Crippen molar-refractivity contribution in [3.8, 4) is 0 Å². The average Bonchev–Trinajstić information content (AvgIpc) is 4.00. The zero-order valence-electron chi connectivity index (χ0n) is 29.3. The maximum Gasteiger partial charge on any atom is 0.338 e. The first kappa shape index (κ1) is 32.6. The Hall–Kier alpha value is -4.07. The molecule has 5 saturated carbocycles. The molecule has 10 rings (SSSR count). The van der Waals surface area contributed by atoms with Crippen LogP contribution in [-0.2, 0) is 47.7 Å². The lowest BCUT2D eigenvalue weighted by Gasteiger charge is -2.61. The lowest BCUT2D eigenvalue weighted by molar-refractivity contribution is -0.240. The fourth-order valence-corrected chi connectivity index (χ4v) is 12.4. The maximum absolute atomic E-state index is 14.3. The van der Waals surface area contributed by atoms with Crippen molar-refractivity contribution in [3.05, 3.63) is 56.7 Å². The highest BCUT2D eigenvalue weighted by atomic mass is 16.7. The van der Waals surface area contributed by atoms with Crippen LogP contribution in [0.15, 0.2) is 56.7 Å². The molecule has 0 amide bonds. The number of esters is 5. The van der Waals surface area contributed by atoms with Crippen LogP contribution in [0.5, 0.6) is 0 Å². The van der Waals surface area contributed by atoms with E-state index in [4.69, 9.17) is 23.7 Å². The van der Waals surface area contributed by atoms with Gasteiger partial charge in [-0.3, -0.25) is 9.59 Å². The SMILES string of the molecule is CC1=C2C3=C4C(=C[C@@H]5[C@]36OC(=O)C3=C6C[C@H]6[C@](O)(COC(=O)/C(C)=C/COC(=O)CCC(=O)OC3)[C@H]3C[C@H]3[C@]56C)[C@H]3C[C@H]3[C@]4(C)[C@@H](O)[C@@]2(O)OC1=O. The van der Waals surface area contributed by atoms with E-state index in [0.717, 1.165) is 17.6 Å². The first-order valence-electron chi connectivity index (χ1n) is 18.2. The van der Waals surface area contributed by atoms with Gasteiger partial charge in [0.15, 0.2) is 5.60 Å². The summed E-state index contributed by atoms with van der Waals surface area (Å²) in [6, 6.07) is 0. The normalized spacial score (nSPS) is 49.4. The van der Waals surface area contributed by atoms with Crippen LogP contribution in [0.25, 0.3) is 0 Å². The minimum absolute atomic E-state index is 0.0539. The van der Waals surface area contributed by atoms with Crippen molar-refractivity contribution in [1.82, 2.24) is 0 Å². The second-order valence-corrected chi connectivity index (χ2v) is 17.0. The molecule has 13 heteroatoms. The van der Waals surface area contributed by atoms with Gasteiger partial charge in [0.1, 0.15) is 31.5 Å². The highest BCUT2D eigenvalue weighted by molar-refractivity contribution is 5.99. The average molecular weight is 717 g/mol. The Morgan fingerprint density at radius 2 is 1.54 bits per heavy atom. The molecule has 1 spiro atoms. The number of rotatable bonds is 0. The molecule has 0 aromatic heterocycles. The summed E-state index contributed by atoms with van der Waals surface area (Å²) in [7, 11) is 0. The van der Waals surface area contributed by atoms with E-state index in [2.05, 4.69) is 13.0 Å². The molecule has 0 saturated heterocycles. The van der Waals surface area contributed by atoms with Crippen molar-refractivity contribution in [3.63, 3.8) is 0 Å². The Morgan fingerprint density at radius 1 is 0.808 bits per heavy atom. The molecule has 3 heterocycles. The van der Waals surface area contributed by atoms with E-state index in [0.29, 0.717) is 17.6 Å². The molecule has 3 aliphatic heterocycles. The number of fused-ring (bicyclic) bond motifs is 9. The van der Waals surface area contributed by atoms with Gasteiger partial charge in [0, 0.05) is 39.5 Å². The van der Waals surface area contributed by atoms with E-state index in [1.807, 2.05) is 6.92 Å². The van der Waals surface area contributed by atoms with Crippen LogP contribution in [0.4, 0.5) is 0 Å². The van der Waals surface area contributed by atoms with Gasteiger partial charge < -0.3 is 39.0 Å². The van der Waals surface area contributed by atoms with Crippen molar-refractivity contribution in [1.29, 1.82) is 0 Å². The first-order chi connectivity index (χ1) is 24.5. The maximum atomic E-state index is 14.3. The monoisotopic (exact) mass is 716 g/mol. The molecular weight excluding hydrogens is 676 g/mol. The summed E-state index contributed by atoms with van der Waals surface area (Å²) in [6.45, 7) is 6.02. The molecule has 5 fully saturated rings. The summed E-state index contributed by atoms with van der Waals surface area (Å²) in [4.78, 5) is 66.1. The van der Waals surface area contributed by atoms with Crippen LogP contribution >= 0.6 is 0 Å². The molecule has 274 valence electrons. The molecule has 13 nitrogen and oxygen atoms in total. The van der Waals surface area contributed by atoms with Gasteiger partial charge in [-0.15, -0.1) is 0 Å².